The molecular formula is C10H16N2O3S2. The summed E-state index contributed by atoms with van der Waals surface area (Å²) < 4.78 is 31.2. The van der Waals surface area contributed by atoms with Gasteiger partial charge >= 0.3 is 0 Å². The van der Waals surface area contributed by atoms with E-state index in [1.807, 2.05) is 0 Å². The van der Waals surface area contributed by atoms with E-state index in [1.165, 1.54) is 15.6 Å². The van der Waals surface area contributed by atoms with Crippen molar-refractivity contribution in [2.24, 2.45) is 5.73 Å². The second-order valence-corrected chi connectivity index (χ2v) is 6.90. The first-order chi connectivity index (χ1) is 8.07. The summed E-state index contributed by atoms with van der Waals surface area (Å²) in [6, 6.07) is 1.65. The molecule has 1 aliphatic rings. The van der Waals surface area contributed by atoms with Crippen molar-refractivity contribution in [3.05, 3.63) is 16.3 Å². The van der Waals surface area contributed by atoms with Crippen LogP contribution in [0.15, 0.2) is 16.3 Å². The molecule has 1 unspecified atom stereocenters. The van der Waals surface area contributed by atoms with Gasteiger partial charge in [-0.2, -0.15) is 4.31 Å². The van der Waals surface area contributed by atoms with E-state index in [4.69, 9.17) is 10.5 Å². The fraction of sp³-hybridized carbons (Fsp3) is 0.600. The molecule has 0 saturated carbocycles. The Morgan fingerprint density at radius 1 is 1.65 bits per heavy atom. The molecule has 96 valence electrons. The molecule has 5 nitrogen and oxygen atoms in total. The van der Waals surface area contributed by atoms with Crippen molar-refractivity contribution in [2.75, 3.05) is 20.2 Å². The molecule has 0 aromatic carbocycles. The molecule has 1 atom stereocenters. The minimum absolute atomic E-state index is 0.0115. The first-order valence-electron chi connectivity index (χ1n) is 5.38. The van der Waals surface area contributed by atoms with E-state index < -0.39 is 10.0 Å². The van der Waals surface area contributed by atoms with Crippen molar-refractivity contribution >= 4 is 21.4 Å². The van der Waals surface area contributed by atoms with Crippen molar-refractivity contribution in [1.82, 2.24) is 4.31 Å². The van der Waals surface area contributed by atoms with E-state index in [1.54, 1.807) is 18.6 Å². The standard InChI is InChI=1S/C10H16N2O3S2/c1-15-8-2-3-12(6-8)17(13,14)10-4-9(5-11)16-7-10/h4,7-8H,2-3,5-6,11H2,1H3. The van der Waals surface area contributed by atoms with Crippen molar-refractivity contribution in [3.63, 3.8) is 0 Å². The van der Waals surface area contributed by atoms with Crippen LogP contribution in [-0.2, 0) is 21.3 Å². The van der Waals surface area contributed by atoms with Gasteiger partial charge in [-0.15, -0.1) is 11.3 Å². The van der Waals surface area contributed by atoms with E-state index in [9.17, 15) is 8.42 Å². The third kappa shape index (κ3) is 2.53. The third-order valence-corrected chi connectivity index (χ3v) is 5.86. The van der Waals surface area contributed by atoms with E-state index >= 15 is 0 Å². The second kappa shape index (κ2) is 5.03. The fourth-order valence-electron chi connectivity index (χ4n) is 1.86. The van der Waals surface area contributed by atoms with E-state index in [0.29, 0.717) is 24.5 Å². The molecule has 0 spiro atoms. The molecule has 0 bridgehead atoms. The zero-order valence-electron chi connectivity index (χ0n) is 9.63. The summed E-state index contributed by atoms with van der Waals surface area (Å²) in [4.78, 5) is 1.23. The minimum atomic E-state index is -3.36. The Hall–Kier alpha value is -0.470. The number of hydrogen-bond acceptors (Lipinski definition) is 5. The monoisotopic (exact) mass is 276 g/mol. The molecule has 1 fully saturated rings. The maximum atomic E-state index is 12.3. The molecular weight excluding hydrogens is 260 g/mol. The maximum Gasteiger partial charge on any atom is 0.243 e. The van der Waals surface area contributed by atoms with Gasteiger partial charge in [0.25, 0.3) is 0 Å². The number of sulfonamides is 1. The number of nitrogens with zero attached hydrogens (tertiary/aromatic N) is 1. The first kappa shape index (κ1) is 13.0. The van der Waals surface area contributed by atoms with E-state index in [0.717, 1.165) is 11.3 Å². The Labute approximate surface area is 105 Å². The normalized spacial score (nSPS) is 22.1. The summed E-state index contributed by atoms with van der Waals surface area (Å²) in [6.07, 6.45) is 0.765. The van der Waals surface area contributed by atoms with Crippen LogP contribution in [0.25, 0.3) is 0 Å². The number of hydrogen-bond donors (Lipinski definition) is 1. The third-order valence-electron chi connectivity index (χ3n) is 2.91. The molecule has 0 radical (unpaired) electrons. The molecule has 1 aliphatic heterocycles. The van der Waals surface area contributed by atoms with Gasteiger partial charge in [-0.1, -0.05) is 0 Å². The lowest BCUT2D eigenvalue weighted by molar-refractivity contribution is 0.115. The summed E-state index contributed by atoms with van der Waals surface area (Å²) in [6.45, 7) is 1.34. The average molecular weight is 276 g/mol. The van der Waals surface area contributed by atoms with Gasteiger partial charge < -0.3 is 10.5 Å². The number of rotatable bonds is 4. The highest BCUT2D eigenvalue weighted by atomic mass is 32.2. The Morgan fingerprint density at radius 3 is 2.94 bits per heavy atom. The average Bonchev–Trinajstić information content (AvgIpc) is 2.98. The van der Waals surface area contributed by atoms with Crippen LogP contribution in [0.2, 0.25) is 0 Å². The lowest BCUT2D eigenvalue weighted by Gasteiger charge is -2.14. The lowest BCUT2D eigenvalue weighted by atomic mass is 10.3. The second-order valence-electron chi connectivity index (χ2n) is 3.96. The zero-order valence-corrected chi connectivity index (χ0v) is 11.3. The summed E-state index contributed by atoms with van der Waals surface area (Å²) in [5.41, 5.74) is 5.49. The van der Waals surface area contributed by atoms with Crippen molar-refractivity contribution in [1.29, 1.82) is 0 Å². The maximum absolute atomic E-state index is 12.3. The first-order valence-corrected chi connectivity index (χ1v) is 7.70. The molecule has 0 amide bonds. The SMILES string of the molecule is COC1CCN(S(=O)(=O)c2csc(CN)c2)C1. The smallest absolute Gasteiger partial charge is 0.243 e. The van der Waals surface area contributed by atoms with Crippen LogP contribution in [0.4, 0.5) is 0 Å². The van der Waals surface area contributed by atoms with Gasteiger partial charge in [-0.3, -0.25) is 0 Å². The van der Waals surface area contributed by atoms with Crippen LogP contribution in [0.3, 0.4) is 0 Å². The zero-order chi connectivity index (χ0) is 12.5. The topological polar surface area (TPSA) is 72.6 Å². The number of nitrogens with two attached hydrogens (primary N) is 1. The van der Waals surface area contributed by atoms with E-state index in [-0.39, 0.29) is 6.10 Å². The van der Waals surface area contributed by atoms with Crippen molar-refractivity contribution in [3.8, 4) is 0 Å². The molecule has 2 N–H and O–H groups in total. The quantitative estimate of drug-likeness (QED) is 0.875. The Kier molecular flexibility index (Phi) is 3.84. The van der Waals surface area contributed by atoms with Gasteiger partial charge in [0, 0.05) is 37.0 Å². The summed E-state index contributed by atoms with van der Waals surface area (Å²) in [5.74, 6) is 0. The number of ether oxygens (including phenoxy) is 1. The van der Waals surface area contributed by atoms with Gasteiger partial charge in [0.2, 0.25) is 10.0 Å². The van der Waals surface area contributed by atoms with Crippen molar-refractivity contribution in [2.45, 2.75) is 24.0 Å². The predicted molar refractivity (Wildman–Crippen MR) is 66.4 cm³/mol. The highest BCUT2D eigenvalue weighted by molar-refractivity contribution is 7.89. The van der Waals surface area contributed by atoms with Crippen molar-refractivity contribution < 1.29 is 13.2 Å². The fourth-order valence-corrected chi connectivity index (χ4v) is 4.49. The highest BCUT2D eigenvalue weighted by Gasteiger charge is 2.32. The molecule has 0 aliphatic carbocycles. The minimum Gasteiger partial charge on any atom is -0.380 e. The molecule has 2 rings (SSSR count). The van der Waals surface area contributed by atoms with Crippen LogP contribution in [0.1, 0.15) is 11.3 Å². The molecule has 1 aromatic heterocycles. The number of methoxy groups -OCH3 is 1. The van der Waals surface area contributed by atoms with Crippen LogP contribution < -0.4 is 5.73 Å². The molecule has 1 aromatic rings. The van der Waals surface area contributed by atoms with Crippen LogP contribution >= 0.6 is 11.3 Å². The highest BCUT2D eigenvalue weighted by Crippen LogP contribution is 2.25. The predicted octanol–water partition coefficient (Wildman–Crippen LogP) is 0.616. The molecule has 17 heavy (non-hydrogen) atoms. The molecule has 7 heteroatoms. The van der Waals surface area contributed by atoms with E-state index in [2.05, 4.69) is 0 Å². The molecule has 2 heterocycles. The van der Waals surface area contributed by atoms with Gasteiger partial charge in [-0.05, 0) is 12.5 Å². The van der Waals surface area contributed by atoms with Gasteiger partial charge in [0.1, 0.15) is 0 Å². The summed E-state index contributed by atoms with van der Waals surface area (Å²) >= 11 is 1.38. The van der Waals surface area contributed by atoms with Crippen LogP contribution in [0.5, 0.6) is 0 Å². The van der Waals surface area contributed by atoms with Gasteiger partial charge in [0.05, 0.1) is 11.0 Å². The molecule has 1 saturated heterocycles. The Balaban J connectivity index is 2.19. The van der Waals surface area contributed by atoms with Crippen LogP contribution in [-0.4, -0.2) is 39.0 Å². The largest absolute Gasteiger partial charge is 0.380 e. The van der Waals surface area contributed by atoms with Gasteiger partial charge in [-0.25, -0.2) is 8.42 Å². The summed E-state index contributed by atoms with van der Waals surface area (Å²) in [7, 11) is -1.75. The van der Waals surface area contributed by atoms with Gasteiger partial charge in [0.15, 0.2) is 0 Å². The van der Waals surface area contributed by atoms with Crippen LogP contribution in [0, 0.1) is 0 Å². The Morgan fingerprint density at radius 2 is 2.41 bits per heavy atom. The lowest BCUT2D eigenvalue weighted by Crippen LogP contribution is -2.29. The Bertz CT molecular complexity index is 483. The number of thiophene rings is 1. The summed E-state index contributed by atoms with van der Waals surface area (Å²) in [5, 5.41) is 1.65.